The highest BCUT2D eigenvalue weighted by molar-refractivity contribution is 7.93. The van der Waals surface area contributed by atoms with Crippen molar-refractivity contribution in [3.05, 3.63) is 34.5 Å². The van der Waals surface area contributed by atoms with Gasteiger partial charge in [0, 0.05) is 29.7 Å². The van der Waals surface area contributed by atoms with Crippen LogP contribution in [-0.4, -0.2) is 49.6 Å². The summed E-state index contributed by atoms with van der Waals surface area (Å²) in [7, 11) is -4.15. The molecule has 1 aromatic carbocycles. The van der Waals surface area contributed by atoms with E-state index in [0.717, 1.165) is 55.7 Å². The van der Waals surface area contributed by atoms with Crippen molar-refractivity contribution in [2.75, 3.05) is 29.8 Å². The first-order chi connectivity index (χ1) is 13.8. The zero-order chi connectivity index (χ0) is 20.6. The predicted octanol–water partition coefficient (Wildman–Crippen LogP) is 4.11. The molecule has 4 rings (SSSR count). The molecular weight excluding hydrogens is 442 g/mol. The first-order valence-electron chi connectivity index (χ1n) is 9.33. The second kappa shape index (κ2) is 7.98. The van der Waals surface area contributed by atoms with Gasteiger partial charge in [-0.25, -0.2) is 22.2 Å². The van der Waals surface area contributed by atoms with E-state index in [-0.39, 0.29) is 28.4 Å². The van der Waals surface area contributed by atoms with Crippen LogP contribution in [0, 0.1) is 5.82 Å². The standard InChI is InChI=1S/C18H21ClF2N4O2S2/c19-13-8-16(29(26,27)24-17-22-5-7-28-17)14(21)9-15(13)23-11-18-3-1-6-25(18)12(10-20)2-4-18/h5,7-9,12,23H,1-4,6,10-11H2,(H,22,24). The minimum absolute atomic E-state index is 0.0593. The number of nitrogens with zero attached hydrogens (tertiary/aromatic N) is 2. The van der Waals surface area contributed by atoms with E-state index in [1.807, 2.05) is 0 Å². The molecule has 2 saturated heterocycles. The molecule has 0 spiro atoms. The Hall–Kier alpha value is -1.49. The molecular formula is C18H21ClF2N4O2S2. The summed E-state index contributed by atoms with van der Waals surface area (Å²) in [6, 6.07) is 2.13. The zero-order valence-corrected chi connectivity index (χ0v) is 17.9. The van der Waals surface area contributed by atoms with E-state index in [4.69, 9.17) is 11.6 Å². The van der Waals surface area contributed by atoms with Gasteiger partial charge in [0.2, 0.25) is 0 Å². The van der Waals surface area contributed by atoms with E-state index in [1.54, 1.807) is 5.38 Å². The third-order valence-electron chi connectivity index (χ3n) is 5.79. The Labute approximate surface area is 177 Å². The van der Waals surface area contributed by atoms with E-state index < -0.39 is 20.7 Å². The van der Waals surface area contributed by atoms with Crippen molar-refractivity contribution in [1.29, 1.82) is 0 Å². The van der Waals surface area contributed by atoms with Crippen molar-refractivity contribution < 1.29 is 17.2 Å². The van der Waals surface area contributed by atoms with Gasteiger partial charge in [-0.1, -0.05) is 11.6 Å². The van der Waals surface area contributed by atoms with Crippen molar-refractivity contribution >= 4 is 43.8 Å². The maximum Gasteiger partial charge on any atom is 0.266 e. The number of rotatable bonds is 7. The Morgan fingerprint density at radius 2 is 2.21 bits per heavy atom. The Balaban J connectivity index is 1.52. The molecule has 0 amide bonds. The van der Waals surface area contributed by atoms with Gasteiger partial charge >= 0.3 is 0 Å². The maximum absolute atomic E-state index is 14.6. The Morgan fingerprint density at radius 1 is 1.38 bits per heavy atom. The van der Waals surface area contributed by atoms with Gasteiger partial charge in [0.25, 0.3) is 10.0 Å². The number of benzene rings is 1. The number of sulfonamides is 1. The van der Waals surface area contributed by atoms with Crippen molar-refractivity contribution in [3.63, 3.8) is 0 Å². The lowest BCUT2D eigenvalue weighted by Crippen LogP contribution is -2.47. The molecule has 0 radical (unpaired) electrons. The van der Waals surface area contributed by atoms with Crippen molar-refractivity contribution in [3.8, 4) is 0 Å². The number of nitrogens with one attached hydrogen (secondary N) is 2. The number of fused-ring (bicyclic) bond motifs is 1. The van der Waals surface area contributed by atoms with Gasteiger partial charge in [0.15, 0.2) is 5.13 Å². The van der Waals surface area contributed by atoms with Crippen LogP contribution in [0.3, 0.4) is 0 Å². The largest absolute Gasteiger partial charge is 0.382 e. The van der Waals surface area contributed by atoms with E-state index >= 15 is 0 Å². The van der Waals surface area contributed by atoms with Crippen LogP contribution in [-0.2, 0) is 10.0 Å². The van der Waals surface area contributed by atoms with Gasteiger partial charge in [0.1, 0.15) is 17.4 Å². The normalized spacial score (nSPS) is 24.6. The van der Waals surface area contributed by atoms with Gasteiger partial charge in [0.05, 0.1) is 10.7 Å². The number of anilines is 2. The fraction of sp³-hybridized carbons (Fsp3) is 0.500. The fourth-order valence-electron chi connectivity index (χ4n) is 4.40. The van der Waals surface area contributed by atoms with Crippen LogP contribution < -0.4 is 10.0 Å². The molecule has 1 aromatic heterocycles. The van der Waals surface area contributed by atoms with Crippen molar-refractivity contribution in [1.82, 2.24) is 9.88 Å². The van der Waals surface area contributed by atoms with Crippen molar-refractivity contribution in [2.24, 2.45) is 0 Å². The average Bonchev–Trinajstić information content (AvgIpc) is 3.38. The quantitative estimate of drug-likeness (QED) is 0.647. The molecule has 0 bridgehead atoms. The summed E-state index contributed by atoms with van der Waals surface area (Å²) in [5.74, 6) is -0.908. The van der Waals surface area contributed by atoms with Crippen LogP contribution in [0.5, 0.6) is 0 Å². The summed E-state index contributed by atoms with van der Waals surface area (Å²) >= 11 is 7.35. The van der Waals surface area contributed by atoms with Gasteiger partial charge in [-0.05, 0) is 44.4 Å². The van der Waals surface area contributed by atoms with Crippen LogP contribution in [0.2, 0.25) is 5.02 Å². The van der Waals surface area contributed by atoms with Crippen molar-refractivity contribution in [2.45, 2.75) is 42.2 Å². The van der Waals surface area contributed by atoms with Gasteiger partial charge < -0.3 is 5.32 Å². The van der Waals surface area contributed by atoms with Crippen LogP contribution >= 0.6 is 22.9 Å². The lowest BCUT2D eigenvalue weighted by atomic mass is 9.94. The van der Waals surface area contributed by atoms with Gasteiger partial charge in [-0.2, -0.15) is 0 Å². The Morgan fingerprint density at radius 3 is 2.93 bits per heavy atom. The van der Waals surface area contributed by atoms with Crippen LogP contribution in [0.25, 0.3) is 0 Å². The Bertz CT molecular complexity index is 990. The summed E-state index contributed by atoms with van der Waals surface area (Å²) in [6.07, 6.45) is 5.07. The molecule has 2 aliphatic heterocycles. The first-order valence-corrected chi connectivity index (χ1v) is 12.1. The maximum atomic E-state index is 14.6. The molecule has 29 heavy (non-hydrogen) atoms. The molecule has 2 unspecified atom stereocenters. The topological polar surface area (TPSA) is 74.3 Å². The molecule has 2 fully saturated rings. The van der Waals surface area contributed by atoms with Crippen LogP contribution in [0.4, 0.5) is 19.6 Å². The molecule has 2 aromatic rings. The highest BCUT2D eigenvalue weighted by Crippen LogP contribution is 2.43. The molecule has 11 heteroatoms. The molecule has 6 nitrogen and oxygen atoms in total. The number of alkyl halides is 1. The highest BCUT2D eigenvalue weighted by atomic mass is 35.5. The third kappa shape index (κ3) is 3.95. The monoisotopic (exact) mass is 462 g/mol. The lowest BCUT2D eigenvalue weighted by molar-refractivity contribution is 0.142. The SMILES string of the molecule is O=S(=O)(Nc1nccs1)c1cc(Cl)c(NCC23CCCN2C(CF)CC3)cc1F. The number of halogens is 3. The second-order valence-corrected chi connectivity index (χ2v) is 10.4. The minimum Gasteiger partial charge on any atom is -0.382 e. The van der Waals surface area contributed by atoms with Gasteiger partial charge in [-0.15, -0.1) is 11.3 Å². The number of hydrogen-bond donors (Lipinski definition) is 2. The summed E-state index contributed by atoms with van der Waals surface area (Å²) in [5, 5.41) is 5.02. The van der Waals surface area contributed by atoms with E-state index in [0.29, 0.717) is 12.2 Å². The molecule has 0 aliphatic carbocycles. The third-order valence-corrected chi connectivity index (χ3v) is 8.27. The minimum atomic E-state index is -4.15. The summed E-state index contributed by atoms with van der Waals surface area (Å²) < 4.78 is 55.1. The first kappa shape index (κ1) is 20.8. The van der Waals surface area contributed by atoms with Crippen LogP contribution in [0.15, 0.2) is 28.6 Å². The second-order valence-electron chi connectivity index (χ2n) is 7.43. The fourth-order valence-corrected chi connectivity index (χ4v) is 6.57. The molecule has 2 N–H and O–H groups in total. The lowest BCUT2D eigenvalue weighted by Gasteiger charge is -2.35. The molecule has 0 saturated carbocycles. The summed E-state index contributed by atoms with van der Waals surface area (Å²) in [5.41, 5.74) is 0.163. The summed E-state index contributed by atoms with van der Waals surface area (Å²) in [6.45, 7) is 1.000. The van der Waals surface area contributed by atoms with E-state index in [9.17, 15) is 17.2 Å². The highest BCUT2D eigenvalue weighted by Gasteiger charge is 2.48. The molecule has 2 aliphatic rings. The predicted molar refractivity (Wildman–Crippen MR) is 110 cm³/mol. The van der Waals surface area contributed by atoms with E-state index in [1.165, 1.54) is 6.20 Å². The average molecular weight is 463 g/mol. The molecule has 3 heterocycles. The number of aromatic nitrogens is 1. The molecule has 2 atom stereocenters. The number of thiazole rings is 1. The van der Waals surface area contributed by atoms with E-state index in [2.05, 4.69) is 19.9 Å². The number of hydrogen-bond acceptors (Lipinski definition) is 6. The zero-order valence-electron chi connectivity index (χ0n) is 15.5. The summed E-state index contributed by atoms with van der Waals surface area (Å²) in [4.78, 5) is 5.51. The molecule has 158 valence electrons. The van der Waals surface area contributed by atoms with Gasteiger partial charge in [-0.3, -0.25) is 9.62 Å². The Kier molecular flexibility index (Phi) is 5.71. The van der Waals surface area contributed by atoms with Crippen LogP contribution in [0.1, 0.15) is 25.7 Å². The smallest absolute Gasteiger partial charge is 0.266 e.